The zero-order valence-corrected chi connectivity index (χ0v) is 12.0. The second kappa shape index (κ2) is 6.26. The fourth-order valence-corrected chi connectivity index (χ4v) is 2.24. The lowest BCUT2D eigenvalue weighted by Gasteiger charge is -2.12. The van der Waals surface area contributed by atoms with Crippen LogP contribution >= 0.6 is 0 Å². The van der Waals surface area contributed by atoms with Gasteiger partial charge < -0.3 is 10.5 Å². The van der Waals surface area contributed by atoms with Crippen LogP contribution in [0.4, 0.5) is 16.3 Å². The summed E-state index contributed by atoms with van der Waals surface area (Å²) in [7, 11) is 0. The van der Waals surface area contributed by atoms with Crippen LogP contribution in [0.15, 0.2) is 53.7 Å². The Morgan fingerprint density at radius 2 is 2.09 bits per heavy atom. The van der Waals surface area contributed by atoms with Gasteiger partial charge in [0.05, 0.1) is 6.54 Å². The van der Waals surface area contributed by atoms with E-state index in [1.54, 1.807) is 17.2 Å². The van der Waals surface area contributed by atoms with Crippen LogP contribution in [-0.4, -0.2) is 30.1 Å². The molecule has 1 fully saturated rings. The number of ether oxygens (including phenoxy) is 1. The standard InChI is InChI=1S/C16H16N4O2/c17-14(19-15-3-1-2-8-18-15)11-12-4-6-13(7-5-12)20-9-10-22-16(20)21/h1-8H,9-11H2,(H2,17,18,19). The maximum atomic E-state index is 11.5. The fraction of sp³-hybridized carbons (Fsp3) is 0.188. The van der Waals surface area contributed by atoms with Crippen LogP contribution in [0.25, 0.3) is 0 Å². The van der Waals surface area contributed by atoms with Crippen molar-refractivity contribution in [1.29, 1.82) is 0 Å². The Hall–Kier alpha value is -2.89. The van der Waals surface area contributed by atoms with E-state index in [2.05, 4.69) is 9.98 Å². The number of hydrogen-bond acceptors (Lipinski definition) is 4. The number of carbonyl (C=O) groups is 1. The summed E-state index contributed by atoms with van der Waals surface area (Å²) >= 11 is 0. The zero-order valence-electron chi connectivity index (χ0n) is 12.0. The van der Waals surface area contributed by atoms with Gasteiger partial charge in [-0.3, -0.25) is 4.90 Å². The van der Waals surface area contributed by atoms with E-state index in [1.165, 1.54) is 0 Å². The highest BCUT2D eigenvalue weighted by Gasteiger charge is 2.23. The third-order valence-electron chi connectivity index (χ3n) is 3.30. The molecule has 0 radical (unpaired) electrons. The Bertz CT molecular complexity index is 683. The molecule has 6 nitrogen and oxygen atoms in total. The van der Waals surface area contributed by atoms with Gasteiger partial charge in [-0.1, -0.05) is 18.2 Å². The van der Waals surface area contributed by atoms with Gasteiger partial charge in [0.25, 0.3) is 0 Å². The topological polar surface area (TPSA) is 80.8 Å². The molecule has 1 aromatic heterocycles. The maximum absolute atomic E-state index is 11.5. The van der Waals surface area contributed by atoms with Gasteiger partial charge in [-0.2, -0.15) is 0 Å². The summed E-state index contributed by atoms with van der Waals surface area (Å²) in [5.41, 5.74) is 7.79. The molecule has 1 amide bonds. The van der Waals surface area contributed by atoms with Crippen LogP contribution < -0.4 is 10.6 Å². The molecule has 0 atom stereocenters. The van der Waals surface area contributed by atoms with Gasteiger partial charge in [-0.05, 0) is 29.8 Å². The molecule has 1 aliphatic heterocycles. The van der Waals surface area contributed by atoms with Gasteiger partial charge in [0.2, 0.25) is 0 Å². The third kappa shape index (κ3) is 3.22. The minimum atomic E-state index is -0.302. The van der Waals surface area contributed by atoms with Crippen molar-refractivity contribution in [2.24, 2.45) is 10.7 Å². The van der Waals surface area contributed by atoms with Crippen LogP contribution in [0.5, 0.6) is 0 Å². The van der Waals surface area contributed by atoms with E-state index in [0.29, 0.717) is 31.2 Å². The molecule has 22 heavy (non-hydrogen) atoms. The van der Waals surface area contributed by atoms with E-state index >= 15 is 0 Å². The van der Waals surface area contributed by atoms with E-state index in [1.807, 2.05) is 36.4 Å². The van der Waals surface area contributed by atoms with Crippen LogP contribution in [0.1, 0.15) is 5.56 Å². The molecule has 1 aromatic carbocycles. The van der Waals surface area contributed by atoms with Gasteiger partial charge in [-0.15, -0.1) is 0 Å². The number of amides is 1. The van der Waals surface area contributed by atoms with Crippen LogP contribution in [0.3, 0.4) is 0 Å². The molecule has 0 unspecified atom stereocenters. The molecular formula is C16H16N4O2. The molecule has 2 aromatic rings. The van der Waals surface area contributed by atoms with Crippen molar-refractivity contribution in [1.82, 2.24) is 4.98 Å². The Morgan fingerprint density at radius 3 is 2.73 bits per heavy atom. The number of benzene rings is 1. The summed E-state index contributed by atoms with van der Waals surface area (Å²) in [5.74, 6) is 1.09. The number of pyridine rings is 1. The first-order chi connectivity index (χ1) is 10.7. The molecule has 6 heteroatoms. The van der Waals surface area contributed by atoms with Gasteiger partial charge >= 0.3 is 6.09 Å². The van der Waals surface area contributed by atoms with Crippen molar-refractivity contribution in [3.05, 3.63) is 54.2 Å². The predicted octanol–water partition coefficient (Wildman–Crippen LogP) is 2.27. The van der Waals surface area contributed by atoms with Gasteiger partial charge in [-0.25, -0.2) is 14.8 Å². The highest BCUT2D eigenvalue weighted by Crippen LogP contribution is 2.19. The number of cyclic esters (lactones) is 1. The number of aromatic nitrogens is 1. The van der Waals surface area contributed by atoms with Crippen molar-refractivity contribution in [2.45, 2.75) is 6.42 Å². The number of aliphatic imine (C=N–C) groups is 1. The molecule has 3 rings (SSSR count). The molecule has 0 aliphatic carbocycles. The largest absolute Gasteiger partial charge is 0.447 e. The molecular weight excluding hydrogens is 280 g/mol. The maximum Gasteiger partial charge on any atom is 0.414 e. The fourth-order valence-electron chi connectivity index (χ4n) is 2.24. The van der Waals surface area contributed by atoms with Gasteiger partial charge in [0.15, 0.2) is 5.82 Å². The van der Waals surface area contributed by atoms with Crippen molar-refractivity contribution in [3.63, 3.8) is 0 Å². The highest BCUT2D eigenvalue weighted by molar-refractivity contribution is 5.89. The lowest BCUT2D eigenvalue weighted by Crippen LogP contribution is -2.23. The van der Waals surface area contributed by atoms with Crippen molar-refractivity contribution >= 4 is 23.4 Å². The smallest absolute Gasteiger partial charge is 0.414 e. The monoisotopic (exact) mass is 296 g/mol. The van der Waals surface area contributed by atoms with E-state index in [-0.39, 0.29) is 6.09 Å². The molecule has 1 saturated heterocycles. The molecule has 112 valence electrons. The summed E-state index contributed by atoms with van der Waals surface area (Å²) < 4.78 is 4.92. The lowest BCUT2D eigenvalue weighted by atomic mass is 10.1. The average molecular weight is 296 g/mol. The molecule has 2 N–H and O–H groups in total. The minimum Gasteiger partial charge on any atom is -0.447 e. The van der Waals surface area contributed by atoms with Crippen LogP contribution in [0, 0.1) is 0 Å². The Labute approximate surface area is 128 Å². The molecule has 1 aliphatic rings. The van der Waals surface area contributed by atoms with E-state index in [9.17, 15) is 4.79 Å². The van der Waals surface area contributed by atoms with Crippen LogP contribution in [-0.2, 0) is 11.2 Å². The minimum absolute atomic E-state index is 0.302. The zero-order chi connectivity index (χ0) is 15.4. The predicted molar refractivity (Wildman–Crippen MR) is 84.4 cm³/mol. The van der Waals surface area contributed by atoms with Gasteiger partial charge in [0, 0.05) is 18.3 Å². The van der Waals surface area contributed by atoms with Gasteiger partial charge in [0.1, 0.15) is 12.4 Å². The number of nitrogens with zero attached hydrogens (tertiary/aromatic N) is 3. The van der Waals surface area contributed by atoms with Crippen molar-refractivity contribution in [2.75, 3.05) is 18.1 Å². The summed E-state index contributed by atoms with van der Waals surface area (Å²) in [4.78, 5) is 21.5. The quantitative estimate of drug-likeness (QED) is 0.693. The number of amidine groups is 1. The SMILES string of the molecule is N/C(Cc1ccc(N2CCOC2=O)cc1)=N\c1ccccn1. The summed E-state index contributed by atoms with van der Waals surface area (Å²) in [5, 5.41) is 0. The molecule has 0 bridgehead atoms. The normalized spacial score (nSPS) is 15.0. The Balaban J connectivity index is 1.68. The highest BCUT2D eigenvalue weighted by atomic mass is 16.6. The number of anilines is 1. The van der Waals surface area contributed by atoms with Crippen molar-refractivity contribution in [3.8, 4) is 0 Å². The summed E-state index contributed by atoms with van der Waals surface area (Å²) in [6, 6.07) is 13.1. The van der Waals surface area contributed by atoms with Crippen molar-refractivity contribution < 1.29 is 9.53 Å². The first-order valence-electron chi connectivity index (χ1n) is 7.00. The average Bonchev–Trinajstić information content (AvgIpc) is 2.95. The second-order valence-corrected chi connectivity index (χ2v) is 4.90. The van der Waals surface area contributed by atoms with E-state index in [4.69, 9.17) is 10.5 Å². The number of carbonyl (C=O) groups excluding carboxylic acids is 1. The lowest BCUT2D eigenvalue weighted by molar-refractivity contribution is 0.181. The Kier molecular flexibility index (Phi) is 4.00. The third-order valence-corrected chi connectivity index (χ3v) is 3.30. The summed E-state index contributed by atoms with van der Waals surface area (Å²) in [6.45, 7) is 1.02. The molecule has 2 heterocycles. The molecule has 0 saturated carbocycles. The van der Waals surface area contributed by atoms with E-state index < -0.39 is 0 Å². The number of nitrogens with two attached hydrogens (primary N) is 1. The molecule has 0 spiro atoms. The second-order valence-electron chi connectivity index (χ2n) is 4.90. The number of hydrogen-bond donors (Lipinski definition) is 1. The Morgan fingerprint density at radius 1 is 1.27 bits per heavy atom. The van der Waals surface area contributed by atoms with Crippen LogP contribution in [0.2, 0.25) is 0 Å². The first kappa shape index (κ1) is 14.1. The first-order valence-corrected chi connectivity index (χ1v) is 7.00. The summed E-state index contributed by atoms with van der Waals surface area (Å²) in [6.07, 6.45) is 1.90. The van der Waals surface area contributed by atoms with E-state index in [0.717, 1.165) is 11.3 Å². The number of rotatable bonds is 4.